The number of aliphatic hydroxyl groups excluding tert-OH is 2. The predicted molar refractivity (Wildman–Crippen MR) is 108 cm³/mol. The first kappa shape index (κ1) is 22.2. The molecular weight excluding hydrogens is 420 g/mol. The monoisotopic (exact) mass is 443 g/mol. The summed E-state index contributed by atoms with van der Waals surface area (Å²) < 4.78 is 55.7. The highest BCUT2D eigenvalue weighted by molar-refractivity contribution is 7.94. The molecule has 1 atom stereocenters. The Bertz CT molecular complexity index is 1130. The number of aryl methyl sites for hydroxylation is 1. The summed E-state index contributed by atoms with van der Waals surface area (Å²) in [6.07, 6.45) is -0.713. The van der Waals surface area contributed by atoms with E-state index in [1.807, 2.05) is 0 Å². The molecule has 3 rings (SSSR count). The Balaban J connectivity index is 2.01. The summed E-state index contributed by atoms with van der Waals surface area (Å²) in [5.74, 6) is -1.73. The molecule has 0 bridgehead atoms. The van der Waals surface area contributed by atoms with Crippen LogP contribution < -0.4 is 15.6 Å². The molecule has 0 amide bonds. The SMILES string of the molecule is Cc1cc(NS(=O)(=O)C2(C[C@H](O)CO)CC2)c(Nc2ccc(F)cc2F)n(C)c1=O. The van der Waals surface area contributed by atoms with Crippen molar-refractivity contribution in [2.45, 2.75) is 37.0 Å². The average Bonchev–Trinajstić information content (AvgIpc) is 3.45. The van der Waals surface area contributed by atoms with Crippen LogP contribution in [0.1, 0.15) is 24.8 Å². The Kier molecular flexibility index (Phi) is 5.89. The Hall–Kier alpha value is -2.50. The minimum Gasteiger partial charge on any atom is -0.394 e. The third kappa shape index (κ3) is 4.18. The largest absolute Gasteiger partial charge is 0.394 e. The zero-order valence-corrected chi connectivity index (χ0v) is 17.3. The number of sulfonamides is 1. The molecule has 0 radical (unpaired) electrons. The molecule has 30 heavy (non-hydrogen) atoms. The van der Waals surface area contributed by atoms with Gasteiger partial charge in [-0.05, 0) is 44.4 Å². The molecule has 1 aromatic heterocycles. The van der Waals surface area contributed by atoms with Gasteiger partial charge in [0.05, 0.1) is 28.8 Å². The molecule has 1 heterocycles. The first-order chi connectivity index (χ1) is 14.0. The normalized spacial score (nSPS) is 16.2. The van der Waals surface area contributed by atoms with Crippen LogP contribution >= 0.6 is 0 Å². The van der Waals surface area contributed by atoms with Crippen molar-refractivity contribution in [1.82, 2.24) is 4.57 Å². The molecule has 0 spiro atoms. The van der Waals surface area contributed by atoms with Crippen molar-refractivity contribution >= 4 is 27.2 Å². The molecule has 1 fully saturated rings. The van der Waals surface area contributed by atoms with Crippen molar-refractivity contribution in [3.8, 4) is 0 Å². The van der Waals surface area contributed by atoms with E-state index in [9.17, 15) is 27.1 Å². The molecule has 164 valence electrons. The minimum absolute atomic E-state index is 0.00286. The highest BCUT2D eigenvalue weighted by Crippen LogP contribution is 2.48. The first-order valence-corrected chi connectivity index (χ1v) is 10.7. The number of nitrogens with zero attached hydrogens (tertiary/aromatic N) is 1. The topological polar surface area (TPSA) is 121 Å². The van der Waals surface area contributed by atoms with Crippen molar-refractivity contribution < 1.29 is 27.4 Å². The molecular formula is C19H23F2N3O5S. The number of aromatic nitrogens is 1. The Labute approximate surface area is 172 Å². The number of halogens is 2. The lowest BCUT2D eigenvalue weighted by Gasteiger charge is -2.23. The summed E-state index contributed by atoms with van der Waals surface area (Å²) in [5, 5.41) is 21.4. The van der Waals surface area contributed by atoms with E-state index in [0.717, 1.165) is 16.7 Å². The van der Waals surface area contributed by atoms with Crippen molar-refractivity contribution in [2.75, 3.05) is 16.6 Å². The van der Waals surface area contributed by atoms with Gasteiger partial charge in [-0.15, -0.1) is 0 Å². The Morgan fingerprint density at radius 1 is 1.23 bits per heavy atom. The number of hydrogen-bond donors (Lipinski definition) is 4. The summed E-state index contributed by atoms with van der Waals surface area (Å²) >= 11 is 0. The molecule has 0 unspecified atom stereocenters. The maximum absolute atomic E-state index is 14.1. The summed E-state index contributed by atoms with van der Waals surface area (Å²) in [4.78, 5) is 12.4. The Morgan fingerprint density at radius 2 is 1.90 bits per heavy atom. The minimum atomic E-state index is -4.02. The zero-order chi connectivity index (χ0) is 22.3. The fourth-order valence-corrected chi connectivity index (χ4v) is 5.02. The molecule has 1 saturated carbocycles. The third-order valence-corrected chi connectivity index (χ3v) is 7.42. The van der Waals surface area contributed by atoms with Gasteiger partial charge in [0.25, 0.3) is 5.56 Å². The lowest BCUT2D eigenvalue weighted by Crippen LogP contribution is -2.35. The van der Waals surface area contributed by atoms with Gasteiger partial charge in [-0.2, -0.15) is 0 Å². The van der Waals surface area contributed by atoms with Gasteiger partial charge in [0.15, 0.2) is 0 Å². The smallest absolute Gasteiger partial charge is 0.254 e. The van der Waals surface area contributed by atoms with Crippen LogP contribution in [0.3, 0.4) is 0 Å². The van der Waals surface area contributed by atoms with E-state index >= 15 is 0 Å². The van der Waals surface area contributed by atoms with Crippen LogP contribution in [-0.4, -0.2) is 40.7 Å². The van der Waals surface area contributed by atoms with E-state index in [1.165, 1.54) is 20.0 Å². The van der Waals surface area contributed by atoms with Crippen LogP contribution in [0.25, 0.3) is 0 Å². The van der Waals surface area contributed by atoms with E-state index in [-0.39, 0.29) is 29.2 Å². The number of aliphatic hydroxyl groups is 2. The molecule has 11 heteroatoms. The van der Waals surface area contributed by atoms with Gasteiger partial charge in [-0.3, -0.25) is 14.1 Å². The van der Waals surface area contributed by atoms with E-state index in [4.69, 9.17) is 5.11 Å². The number of nitrogens with one attached hydrogen (secondary N) is 2. The fraction of sp³-hybridized carbons (Fsp3) is 0.421. The number of benzene rings is 1. The van der Waals surface area contributed by atoms with E-state index in [1.54, 1.807) is 0 Å². The molecule has 1 aromatic carbocycles. The summed E-state index contributed by atoms with van der Waals surface area (Å²) in [6.45, 7) is 0.942. The molecule has 1 aliphatic rings. The number of pyridine rings is 1. The summed E-state index contributed by atoms with van der Waals surface area (Å²) in [5.41, 5.74) is -0.323. The van der Waals surface area contributed by atoms with Crippen molar-refractivity contribution in [3.05, 3.63) is 51.8 Å². The predicted octanol–water partition coefficient (Wildman–Crippen LogP) is 1.73. The van der Waals surface area contributed by atoms with Crippen molar-refractivity contribution in [3.63, 3.8) is 0 Å². The van der Waals surface area contributed by atoms with Gasteiger partial charge in [0.2, 0.25) is 10.0 Å². The van der Waals surface area contributed by atoms with Crippen LogP contribution in [0.5, 0.6) is 0 Å². The van der Waals surface area contributed by atoms with Crippen LogP contribution in [0.2, 0.25) is 0 Å². The third-order valence-electron chi connectivity index (χ3n) is 5.22. The molecule has 4 N–H and O–H groups in total. The molecule has 2 aromatic rings. The van der Waals surface area contributed by atoms with Gasteiger partial charge in [-0.25, -0.2) is 17.2 Å². The van der Waals surface area contributed by atoms with Crippen molar-refractivity contribution in [2.24, 2.45) is 7.05 Å². The highest BCUT2D eigenvalue weighted by atomic mass is 32.2. The van der Waals surface area contributed by atoms with Crippen molar-refractivity contribution in [1.29, 1.82) is 0 Å². The van der Waals surface area contributed by atoms with E-state index < -0.39 is 44.7 Å². The second-order valence-corrected chi connectivity index (χ2v) is 9.61. The maximum Gasteiger partial charge on any atom is 0.254 e. The molecule has 8 nitrogen and oxygen atoms in total. The quantitative estimate of drug-likeness (QED) is 0.493. The van der Waals surface area contributed by atoms with Crippen LogP contribution in [-0.2, 0) is 17.1 Å². The lowest BCUT2D eigenvalue weighted by molar-refractivity contribution is 0.0858. The van der Waals surface area contributed by atoms with Gasteiger partial charge < -0.3 is 15.5 Å². The second-order valence-electron chi connectivity index (χ2n) is 7.53. The van der Waals surface area contributed by atoms with Crippen LogP contribution in [0.4, 0.5) is 26.0 Å². The molecule has 0 saturated heterocycles. The van der Waals surface area contributed by atoms with Gasteiger partial charge in [-0.1, -0.05) is 0 Å². The molecule has 1 aliphatic carbocycles. The Morgan fingerprint density at radius 3 is 2.47 bits per heavy atom. The fourth-order valence-electron chi connectivity index (χ4n) is 3.31. The molecule has 0 aliphatic heterocycles. The lowest BCUT2D eigenvalue weighted by atomic mass is 10.2. The summed E-state index contributed by atoms with van der Waals surface area (Å²) in [7, 11) is -2.63. The number of rotatable bonds is 8. The van der Waals surface area contributed by atoms with Crippen LogP contribution in [0, 0.1) is 18.6 Å². The maximum atomic E-state index is 14.1. The van der Waals surface area contributed by atoms with Crippen LogP contribution in [0.15, 0.2) is 29.1 Å². The standard InChI is InChI=1S/C19H23F2N3O5S/c1-11-7-16(23-30(28,29)19(5-6-19)9-13(26)10-25)17(24(2)18(11)27)22-15-4-3-12(20)8-14(15)21/h3-4,7-8,13,22-23,25-26H,5-6,9-10H2,1-2H3/t13-/m0/s1. The second kappa shape index (κ2) is 7.97. The van der Waals surface area contributed by atoms with Gasteiger partial charge >= 0.3 is 0 Å². The summed E-state index contributed by atoms with van der Waals surface area (Å²) in [6, 6.07) is 4.14. The zero-order valence-electron chi connectivity index (χ0n) is 16.4. The number of hydrogen-bond acceptors (Lipinski definition) is 6. The first-order valence-electron chi connectivity index (χ1n) is 9.24. The van der Waals surface area contributed by atoms with E-state index in [2.05, 4.69) is 10.0 Å². The van der Waals surface area contributed by atoms with Gasteiger partial charge in [0.1, 0.15) is 17.5 Å². The average molecular weight is 443 g/mol. The number of anilines is 3. The van der Waals surface area contributed by atoms with E-state index in [0.29, 0.717) is 18.9 Å². The van der Waals surface area contributed by atoms with Gasteiger partial charge in [0, 0.05) is 18.7 Å². The highest BCUT2D eigenvalue weighted by Gasteiger charge is 2.55.